The van der Waals surface area contributed by atoms with Crippen LogP contribution in [-0.4, -0.2) is 5.62 Å². The second-order valence-electron chi connectivity index (χ2n) is 1.96. The molecule has 3 heteroatoms. The normalized spacial score (nSPS) is 9.55. The van der Waals surface area contributed by atoms with Gasteiger partial charge in [-0.3, -0.25) is 4.79 Å². The smallest absolute Gasteiger partial charge is 0.266 e. The lowest BCUT2D eigenvalue weighted by Crippen LogP contribution is -1.80. The summed E-state index contributed by atoms with van der Waals surface area (Å²) < 4.78 is 0. The minimum Gasteiger partial charge on any atom is -0.277 e. The topological polar surface area (TPSA) is 17.1 Å². The maximum absolute atomic E-state index is 9.88. The van der Waals surface area contributed by atoms with Gasteiger partial charge < -0.3 is 0 Å². The summed E-state index contributed by atoms with van der Waals surface area (Å²) in [6, 6.07) is 7.46. The molecule has 57 valence electrons. The van der Waals surface area contributed by atoms with Crippen LogP contribution in [0.4, 0.5) is 0 Å². The van der Waals surface area contributed by atoms with Crippen LogP contribution in [-0.2, 0) is 10.5 Å². The van der Waals surface area contributed by atoms with E-state index in [1.54, 1.807) is 5.62 Å². The van der Waals surface area contributed by atoms with E-state index in [0.717, 1.165) is 17.3 Å². The Kier molecular flexibility index (Phi) is 3.46. The van der Waals surface area contributed by atoms with E-state index in [1.165, 1.54) is 0 Å². The average Bonchev–Trinajstić information content (AvgIpc) is 2.03. The largest absolute Gasteiger partial charge is 0.277 e. The molecule has 0 spiro atoms. The molecule has 0 heterocycles. The van der Waals surface area contributed by atoms with Crippen LogP contribution >= 0.6 is 23.4 Å². The fraction of sp³-hybridized carbons (Fsp3) is 0.125. The lowest BCUT2D eigenvalue weighted by Gasteiger charge is -1.98. The lowest BCUT2D eigenvalue weighted by atomic mass is 10.2. The van der Waals surface area contributed by atoms with E-state index in [1.807, 2.05) is 24.3 Å². The first-order valence-corrected chi connectivity index (χ1v) is 4.43. The highest BCUT2D eigenvalue weighted by Crippen LogP contribution is 2.19. The van der Waals surface area contributed by atoms with Gasteiger partial charge in [-0.1, -0.05) is 41.6 Å². The summed E-state index contributed by atoms with van der Waals surface area (Å²) in [6.07, 6.45) is 0. The molecule has 11 heavy (non-hydrogen) atoms. The molecule has 1 aromatic rings. The Bertz CT molecular complexity index is 250. The summed E-state index contributed by atoms with van der Waals surface area (Å²) in [4.78, 5) is 9.88. The molecule has 0 aliphatic rings. The van der Waals surface area contributed by atoms with Crippen LogP contribution in [0.2, 0.25) is 5.02 Å². The Morgan fingerprint density at radius 3 is 2.82 bits per heavy atom. The minimum atomic E-state index is 0.600. The first-order valence-electron chi connectivity index (χ1n) is 3.07. The molecule has 0 aliphatic heterocycles. The van der Waals surface area contributed by atoms with E-state index in [0.29, 0.717) is 10.8 Å². The highest BCUT2D eigenvalue weighted by atomic mass is 35.5. The summed E-state index contributed by atoms with van der Waals surface area (Å²) in [5.41, 5.74) is 2.73. The van der Waals surface area contributed by atoms with Crippen molar-refractivity contribution in [3.05, 3.63) is 34.9 Å². The van der Waals surface area contributed by atoms with E-state index in [-0.39, 0.29) is 0 Å². The number of rotatable bonds is 3. The lowest BCUT2D eigenvalue weighted by molar-refractivity contribution is 0.570. The predicted molar refractivity (Wildman–Crippen MR) is 48.4 cm³/mol. The van der Waals surface area contributed by atoms with Crippen molar-refractivity contribution in [2.75, 3.05) is 0 Å². The van der Waals surface area contributed by atoms with Crippen molar-refractivity contribution in [3.63, 3.8) is 0 Å². The van der Waals surface area contributed by atoms with E-state index in [4.69, 9.17) is 11.6 Å². The van der Waals surface area contributed by atoms with Gasteiger partial charge in [0.25, 0.3) is 5.62 Å². The molecule has 0 amide bonds. The zero-order valence-corrected chi connectivity index (χ0v) is 7.28. The first kappa shape index (κ1) is 8.62. The van der Waals surface area contributed by atoms with Crippen molar-refractivity contribution >= 4 is 29.0 Å². The zero-order chi connectivity index (χ0) is 8.10. The van der Waals surface area contributed by atoms with Crippen molar-refractivity contribution in [3.8, 4) is 0 Å². The summed E-state index contributed by atoms with van der Waals surface area (Å²) in [5, 5.41) is 0.704. The molecule has 0 aliphatic carbocycles. The van der Waals surface area contributed by atoms with Gasteiger partial charge in [0.15, 0.2) is 0 Å². The van der Waals surface area contributed by atoms with Crippen LogP contribution in [0.25, 0.3) is 0 Å². The molecule has 0 unspecified atom stereocenters. The SMILES string of the molecule is O=[C]SCc1ccccc1Cl. The molecular formula is C8H6ClOS. The number of benzene rings is 1. The second kappa shape index (κ2) is 4.42. The van der Waals surface area contributed by atoms with Crippen LogP contribution in [0.1, 0.15) is 5.56 Å². The highest BCUT2D eigenvalue weighted by Gasteiger charge is 1.97. The molecule has 0 N–H and O–H groups in total. The molecule has 1 aromatic carbocycles. The molecule has 0 atom stereocenters. The van der Waals surface area contributed by atoms with E-state index in [2.05, 4.69) is 0 Å². The molecule has 0 saturated carbocycles. The maximum Gasteiger partial charge on any atom is 0.266 e. The molecule has 0 bridgehead atoms. The number of hydrogen-bond acceptors (Lipinski definition) is 2. The Morgan fingerprint density at radius 1 is 1.45 bits per heavy atom. The minimum absolute atomic E-state index is 0.600. The summed E-state index contributed by atoms with van der Waals surface area (Å²) in [6.45, 7) is 0. The van der Waals surface area contributed by atoms with Crippen LogP contribution in [0.3, 0.4) is 0 Å². The quantitative estimate of drug-likeness (QED) is 0.720. The van der Waals surface area contributed by atoms with Crippen molar-refractivity contribution < 1.29 is 4.79 Å². The summed E-state index contributed by atoms with van der Waals surface area (Å²) in [7, 11) is 0. The molecule has 1 radical (unpaired) electrons. The van der Waals surface area contributed by atoms with Gasteiger partial charge in [-0.05, 0) is 11.6 Å². The monoisotopic (exact) mass is 185 g/mol. The zero-order valence-electron chi connectivity index (χ0n) is 5.71. The van der Waals surface area contributed by atoms with Gasteiger partial charge in [0, 0.05) is 10.8 Å². The molecule has 0 fully saturated rings. The Hall–Kier alpha value is -0.470. The number of carbonyl (C=O) groups excluding carboxylic acids is 1. The van der Waals surface area contributed by atoms with Gasteiger partial charge in [-0.15, -0.1) is 0 Å². The average molecular weight is 186 g/mol. The fourth-order valence-electron chi connectivity index (χ4n) is 0.723. The van der Waals surface area contributed by atoms with Crippen molar-refractivity contribution in [1.29, 1.82) is 0 Å². The van der Waals surface area contributed by atoms with Crippen LogP contribution in [0.5, 0.6) is 0 Å². The third kappa shape index (κ3) is 2.56. The Labute approximate surface area is 74.7 Å². The van der Waals surface area contributed by atoms with Crippen molar-refractivity contribution in [1.82, 2.24) is 0 Å². The number of thioether (sulfide) groups is 1. The molecular weight excluding hydrogens is 180 g/mol. The van der Waals surface area contributed by atoms with Gasteiger partial charge >= 0.3 is 0 Å². The molecule has 1 nitrogen and oxygen atoms in total. The van der Waals surface area contributed by atoms with E-state index in [9.17, 15) is 4.79 Å². The Morgan fingerprint density at radius 2 is 2.18 bits per heavy atom. The molecule has 0 aromatic heterocycles. The summed E-state index contributed by atoms with van der Waals surface area (Å²) >= 11 is 6.90. The van der Waals surface area contributed by atoms with Crippen molar-refractivity contribution in [2.24, 2.45) is 0 Å². The third-order valence-corrected chi connectivity index (χ3v) is 2.19. The van der Waals surface area contributed by atoms with Gasteiger partial charge in [0.1, 0.15) is 0 Å². The molecule has 1 rings (SSSR count). The van der Waals surface area contributed by atoms with E-state index < -0.39 is 0 Å². The van der Waals surface area contributed by atoms with Crippen LogP contribution < -0.4 is 0 Å². The van der Waals surface area contributed by atoms with Crippen LogP contribution in [0, 0.1) is 0 Å². The summed E-state index contributed by atoms with van der Waals surface area (Å²) in [5.74, 6) is 0.600. The number of halogens is 1. The molecule has 0 saturated heterocycles. The third-order valence-electron chi connectivity index (χ3n) is 1.24. The van der Waals surface area contributed by atoms with Gasteiger partial charge in [-0.25, -0.2) is 0 Å². The van der Waals surface area contributed by atoms with Gasteiger partial charge in [-0.2, -0.15) is 0 Å². The fourth-order valence-corrected chi connectivity index (χ4v) is 1.47. The van der Waals surface area contributed by atoms with Gasteiger partial charge in [0.05, 0.1) is 0 Å². The number of hydrogen-bond donors (Lipinski definition) is 0. The van der Waals surface area contributed by atoms with Crippen LogP contribution in [0.15, 0.2) is 24.3 Å². The van der Waals surface area contributed by atoms with Gasteiger partial charge in [0.2, 0.25) is 0 Å². The standard InChI is InChI=1S/C8H6ClOS/c9-8-4-2-1-3-7(8)5-11-6-10/h1-4H,5H2. The predicted octanol–water partition coefficient (Wildman–Crippen LogP) is 2.64. The Balaban J connectivity index is 2.69. The first-order chi connectivity index (χ1) is 5.34. The van der Waals surface area contributed by atoms with E-state index >= 15 is 0 Å². The maximum atomic E-state index is 9.88. The second-order valence-corrected chi connectivity index (χ2v) is 3.11. The van der Waals surface area contributed by atoms with Crippen molar-refractivity contribution in [2.45, 2.75) is 5.75 Å². The highest BCUT2D eigenvalue weighted by molar-refractivity contribution is 8.11.